The van der Waals surface area contributed by atoms with Crippen LogP contribution in [-0.2, 0) is 6.42 Å². The van der Waals surface area contributed by atoms with E-state index in [0.717, 1.165) is 17.0 Å². The van der Waals surface area contributed by atoms with Gasteiger partial charge in [-0.15, -0.1) is 11.8 Å². The average molecular weight is 297 g/mol. The Hall–Kier alpha value is -1.46. The molecule has 0 aromatic heterocycles. The first-order valence-corrected chi connectivity index (χ1v) is 7.11. The van der Waals surface area contributed by atoms with Crippen molar-refractivity contribution in [1.29, 1.82) is 0 Å². The molecule has 0 aliphatic carbocycles. The molecule has 0 radical (unpaired) electrons. The fourth-order valence-corrected chi connectivity index (χ4v) is 2.68. The van der Waals surface area contributed by atoms with Crippen LogP contribution in [0, 0.1) is 17.5 Å². The third-order valence-electron chi connectivity index (χ3n) is 2.74. The molecule has 0 fully saturated rings. The summed E-state index contributed by atoms with van der Waals surface area (Å²) in [4.78, 5) is 0.797. The van der Waals surface area contributed by atoms with Gasteiger partial charge in [-0.2, -0.15) is 0 Å². The van der Waals surface area contributed by atoms with Crippen LogP contribution in [0.3, 0.4) is 0 Å². The van der Waals surface area contributed by atoms with Crippen molar-refractivity contribution >= 4 is 11.8 Å². The van der Waals surface area contributed by atoms with Crippen molar-refractivity contribution in [1.82, 2.24) is 0 Å². The molecule has 0 saturated heterocycles. The van der Waals surface area contributed by atoms with Crippen LogP contribution in [0.4, 0.5) is 13.2 Å². The zero-order valence-electron chi connectivity index (χ0n) is 10.7. The lowest BCUT2D eigenvalue weighted by molar-refractivity contribution is 0.506. The summed E-state index contributed by atoms with van der Waals surface area (Å²) in [5, 5.41) is 0. The molecule has 0 aliphatic rings. The predicted octanol–water partition coefficient (Wildman–Crippen LogP) is 3.77. The van der Waals surface area contributed by atoms with Crippen molar-refractivity contribution in [3.63, 3.8) is 0 Å². The third kappa shape index (κ3) is 4.28. The molecule has 0 bridgehead atoms. The summed E-state index contributed by atoms with van der Waals surface area (Å²) in [6.07, 6.45) is 0.444. The van der Waals surface area contributed by atoms with Crippen LogP contribution in [0.5, 0.6) is 0 Å². The standard InChI is InChI=1S/C15H14F3NS/c16-11-2-1-3-13(8-11)20-9-12(19)6-10-4-5-14(17)15(18)7-10/h1-5,7-8,12H,6,9,19H2. The summed E-state index contributed by atoms with van der Waals surface area (Å²) in [7, 11) is 0. The zero-order valence-corrected chi connectivity index (χ0v) is 11.5. The Balaban J connectivity index is 1.89. The van der Waals surface area contributed by atoms with E-state index in [-0.39, 0.29) is 11.9 Å². The molecule has 2 aromatic rings. The fraction of sp³-hybridized carbons (Fsp3) is 0.200. The van der Waals surface area contributed by atoms with Crippen molar-refractivity contribution in [2.75, 3.05) is 5.75 Å². The molecular formula is C15H14F3NS. The van der Waals surface area contributed by atoms with Crippen LogP contribution in [-0.4, -0.2) is 11.8 Å². The van der Waals surface area contributed by atoms with Crippen molar-refractivity contribution in [3.05, 3.63) is 65.5 Å². The maximum absolute atomic E-state index is 13.1. The number of hydrogen-bond donors (Lipinski definition) is 1. The Morgan fingerprint density at radius 2 is 1.80 bits per heavy atom. The van der Waals surface area contributed by atoms with Gasteiger partial charge in [-0.25, -0.2) is 13.2 Å². The van der Waals surface area contributed by atoms with Gasteiger partial charge in [0.25, 0.3) is 0 Å². The quantitative estimate of drug-likeness (QED) is 0.850. The number of benzene rings is 2. The van der Waals surface area contributed by atoms with Crippen molar-refractivity contribution < 1.29 is 13.2 Å². The highest BCUT2D eigenvalue weighted by Gasteiger charge is 2.08. The van der Waals surface area contributed by atoms with Gasteiger partial charge in [0.1, 0.15) is 5.82 Å². The highest BCUT2D eigenvalue weighted by Crippen LogP contribution is 2.20. The molecule has 1 nitrogen and oxygen atoms in total. The topological polar surface area (TPSA) is 26.0 Å². The summed E-state index contributed by atoms with van der Waals surface area (Å²) < 4.78 is 38.9. The molecule has 20 heavy (non-hydrogen) atoms. The third-order valence-corrected chi connectivity index (χ3v) is 3.92. The molecule has 2 rings (SSSR count). The summed E-state index contributed by atoms with van der Waals surface area (Å²) in [6, 6.07) is 9.81. The largest absolute Gasteiger partial charge is 0.327 e. The lowest BCUT2D eigenvalue weighted by Gasteiger charge is -2.11. The number of rotatable bonds is 5. The molecule has 0 aliphatic heterocycles. The Labute approximate surface area is 120 Å². The Morgan fingerprint density at radius 1 is 1.00 bits per heavy atom. The normalized spacial score (nSPS) is 12.4. The molecule has 2 N–H and O–H groups in total. The summed E-state index contributed by atoms with van der Waals surface area (Å²) in [6.45, 7) is 0. The molecule has 0 saturated carbocycles. The van der Waals surface area contributed by atoms with Gasteiger partial charge in [-0.1, -0.05) is 12.1 Å². The average Bonchev–Trinajstić information content (AvgIpc) is 2.41. The Kier molecular flexibility index (Phi) is 5.09. The van der Waals surface area contributed by atoms with Gasteiger partial charge in [0.2, 0.25) is 0 Å². The lowest BCUT2D eigenvalue weighted by atomic mass is 10.1. The van der Waals surface area contributed by atoms with Gasteiger partial charge in [0, 0.05) is 16.7 Å². The Morgan fingerprint density at radius 3 is 2.50 bits per heavy atom. The first-order valence-electron chi connectivity index (χ1n) is 6.12. The van der Waals surface area contributed by atoms with E-state index in [9.17, 15) is 13.2 Å². The van der Waals surface area contributed by atoms with Crippen LogP contribution in [0.25, 0.3) is 0 Å². The van der Waals surface area contributed by atoms with Gasteiger partial charge in [0.15, 0.2) is 11.6 Å². The smallest absolute Gasteiger partial charge is 0.159 e. The second-order valence-electron chi connectivity index (χ2n) is 4.48. The van der Waals surface area contributed by atoms with E-state index >= 15 is 0 Å². The highest BCUT2D eigenvalue weighted by molar-refractivity contribution is 7.99. The van der Waals surface area contributed by atoms with Gasteiger partial charge in [-0.05, 0) is 42.3 Å². The highest BCUT2D eigenvalue weighted by atomic mass is 32.2. The summed E-state index contributed by atoms with van der Waals surface area (Å²) in [5.74, 6) is -1.45. The van der Waals surface area contributed by atoms with Crippen LogP contribution in [0.1, 0.15) is 5.56 Å². The van der Waals surface area contributed by atoms with Crippen LogP contribution in [0.2, 0.25) is 0 Å². The van der Waals surface area contributed by atoms with E-state index in [1.165, 1.54) is 30.0 Å². The maximum Gasteiger partial charge on any atom is 0.159 e. The monoisotopic (exact) mass is 297 g/mol. The molecule has 2 aromatic carbocycles. The van der Waals surface area contributed by atoms with Crippen molar-refractivity contribution in [2.45, 2.75) is 17.4 Å². The SMILES string of the molecule is NC(CSc1cccc(F)c1)Cc1ccc(F)c(F)c1. The minimum Gasteiger partial charge on any atom is -0.327 e. The van der Waals surface area contributed by atoms with Gasteiger partial charge >= 0.3 is 0 Å². The van der Waals surface area contributed by atoms with Crippen LogP contribution < -0.4 is 5.73 Å². The van der Waals surface area contributed by atoms with Crippen molar-refractivity contribution in [2.24, 2.45) is 5.73 Å². The summed E-state index contributed by atoms with van der Waals surface area (Å²) in [5.41, 5.74) is 6.60. The molecule has 0 amide bonds. The van der Waals surface area contributed by atoms with Gasteiger partial charge in [-0.3, -0.25) is 0 Å². The second kappa shape index (κ2) is 6.81. The minimum atomic E-state index is -0.868. The number of halogens is 3. The molecule has 5 heteroatoms. The summed E-state index contributed by atoms with van der Waals surface area (Å²) >= 11 is 1.44. The van der Waals surface area contributed by atoms with Gasteiger partial charge in [0.05, 0.1) is 0 Å². The molecule has 0 heterocycles. The zero-order chi connectivity index (χ0) is 14.5. The molecule has 0 spiro atoms. The first kappa shape index (κ1) is 14.9. The first-order chi connectivity index (χ1) is 9.54. The van der Waals surface area contributed by atoms with Gasteiger partial charge < -0.3 is 5.73 Å². The molecule has 1 unspecified atom stereocenters. The van der Waals surface area contributed by atoms with E-state index < -0.39 is 11.6 Å². The minimum absolute atomic E-state index is 0.215. The molecular weight excluding hydrogens is 283 g/mol. The van der Waals surface area contributed by atoms with Crippen LogP contribution in [0.15, 0.2) is 47.4 Å². The van der Waals surface area contributed by atoms with E-state index in [1.54, 1.807) is 12.1 Å². The fourth-order valence-electron chi connectivity index (χ4n) is 1.79. The number of thioether (sulfide) groups is 1. The number of nitrogens with two attached hydrogens (primary N) is 1. The Bertz CT molecular complexity index is 589. The van der Waals surface area contributed by atoms with E-state index in [1.807, 2.05) is 0 Å². The van der Waals surface area contributed by atoms with Crippen molar-refractivity contribution in [3.8, 4) is 0 Å². The molecule has 106 valence electrons. The second-order valence-corrected chi connectivity index (χ2v) is 5.57. The van der Waals surface area contributed by atoms with E-state index in [2.05, 4.69) is 0 Å². The molecule has 1 atom stereocenters. The maximum atomic E-state index is 13.1. The number of hydrogen-bond acceptors (Lipinski definition) is 2. The predicted molar refractivity (Wildman–Crippen MR) is 75.2 cm³/mol. The van der Waals surface area contributed by atoms with E-state index in [0.29, 0.717) is 17.7 Å². The lowest BCUT2D eigenvalue weighted by Crippen LogP contribution is -2.25. The van der Waals surface area contributed by atoms with E-state index in [4.69, 9.17) is 5.73 Å². The van der Waals surface area contributed by atoms with Crippen LogP contribution >= 0.6 is 11.8 Å².